The van der Waals surface area contributed by atoms with Crippen molar-refractivity contribution >= 4 is 5.97 Å². The van der Waals surface area contributed by atoms with E-state index in [0.29, 0.717) is 6.42 Å². The Bertz CT molecular complexity index is 565. The average Bonchev–Trinajstić information content (AvgIpc) is 2.58. The number of hydrogen-bond acceptors (Lipinski definition) is 2. The largest absolute Gasteiger partial charge is 0.453 e. The summed E-state index contributed by atoms with van der Waals surface area (Å²) in [5.41, 5.74) is 2.49. The highest BCUT2D eigenvalue weighted by molar-refractivity contribution is 5.76. The monoisotopic (exact) mass is 300 g/mol. The molecule has 2 rings (SSSR count). The molecule has 1 aromatic rings. The molecule has 0 aromatic heterocycles. The Kier molecular flexibility index (Phi) is 4.79. The maximum absolute atomic E-state index is 12.6. The molecule has 1 aromatic carbocycles. The molecule has 0 N–H and O–H groups in total. The van der Waals surface area contributed by atoms with E-state index in [0.717, 1.165) is 31.3 Å². The van der Waals surface area contributed by atoms with E-state index in [1.165, 1.54) is 11.1 Å². The molecule has 2 heteroatoms. The molecule has 0 fully saturated rings. The molecule has 1 aliphatic carbocycles. The van der Waals surface area contributed by atoms with Crippen LogP contribution in [0.2, 0.25) is 0 Å². The first-order valence-electron chi connectivity index (χ1n) is 8.21. The van der Waals surface area contributed by atoms with Gasteiger partial charge in [0.25, 0.3) is 0 Å². The topological polar surface area (TPSA) is 26.3 Å². The van der Waals surface area contributed by atoms with Gasteiger partial charge in [0.05, 0.1) is 5.41 Å². The van der Waals surface area contributed by atoms with E-state index in [1.807, 2.05) is 33.8 Å². The van der Waals surface area contributed by atoms with Gasteiger partial charge in [0.1, 0.15) is 5.60 Å². The molecule has 1 unspecified atom stereocenters. The molecule has 0 aliphatic heterocycles. The van der Waals surface area contributed by atoms with Crippen LogP contribution in [-0.2, 0) is 21.6 Å². The summed E-state index contributed by atoms with van der Waals surface area (Å²) in [4.78, 5) is 12.6. The maximum Gasteiger partial charge on any atom is 0.312 e. The van der Waals surface area contributed by atoms with Crippen LogP contribution in [0.4, 0.5) is 0 Å². The number of fused-ring (bicyclic) bond motifs is 1. The minimum atomic E-state index is -0.552. The Labute approximate surface area is 134 Å². The molecule has 0 radical (unpaired) electrons. The molecule has 22 heavy (non-hydrogen) atoms. The number of carbonyl (C=O) groups excluding carboxylic acids is 1. The first-order valence-corrected chi connectivity index (χ1v) is 8.21. The lowest BCUT2D eigenvalue weighted by Crippen LogP contribution is -2.37. The molecule has 0 bridgehead atoms. The summed E-state index contributed by atoms with van der Waals surface area (Å²) in [5, 5.41) is 0. The lowest BCUT2D eigenvalue weighted by atomic mass is 9.82. The van der Waals surface area contributed by atoms with E-state index in [-0.39, 0.29) is 5.97 Å². The second kappa shape index (κ2) is 6.28. The molecule has 1 atom stereocenters. The molecule has 120 valence electrons. The summed E-state index contributed by atoms with van der Waals surface area (Å²) in [7, 11) is 0. The Morgan fingerprint density at radius 3 is 2.59 bits per heavy atom. The van der Waals surface area contributed by atoms with Crippen molar-refractivity contribution in [1.29, 1.82) is 0 Å². The van der Waals surface area contributed by atoms with Crippen molar-refractivity contribution in [2.75, 3.05) is 0 Å². The standard InChI is InChI=1S/C20H28O2/c1-15(2)14-20(22-18(21)19(3,4)5)13-9-8-11-16-10-6-7-12-17(16)20/h6-7,10,12H,1,8-9,11,13-14H2,2-5H3. The van der Waals surface area contributed by atoms with Crippen LogP contribution in [0.25, 0.3) is 0 Å². The summed E-state index contributed by atoms with van der Waals surface area (Å²) in [5.74, 6) is -0.134. The van der Waals surface area contributed by atoms with E-state index < -0.39 is 11.0 Å². The number of esters is 1. The van der Waals surface area contributed by atoms with E-state index in [9.17, 15) is 4.79 Å². The first kappa shape index (κ1) is 16.8. The Morgan fingerprint density at radius 2 is 1.95 bits per heavy atom. The van der Waals surface area contributed by atoms with Crippen LogP contribution in [0.5, 0.6) is 0 Å². The van der Waals surface area contributed by atoms with Crippen molar-refractivity contribution in [2.45, 2.75) is 65.4 Å². The Balaban J connectivity index is 2.49. The lowest BCUT2D eigenvalue weighted by Gasteiger charge is -2.37. The van der Waals surface area contributed by atoms with Gasteiger partial charge in [-0.15, -0.1) is 0 Å². The van der Waals surface area contributed by atoms with Gasteiger partial charge in [0.2, 0.25) is 0 Å². The average molecular weight is 300 g/mol. The predicted octanol–water partition coefficient (Wildman–Crippen LogP) is 5.16. The summed E-state index contributed by atoms with van der Waals surface area (Å²) < 4.78 is 6.16. The molecular formula is C20H28O2. The fourth-order valence-electron chi connectivity index (χ4n) is 3.19. The molecule has 0 heterocycles. The summed E-state index contributed by atoms with van der Waals surface area (Å²) in [6.45, 7) is 11.8. The lowest BCUT2D eigenvalue weighted by molar-refractivity contribution is -0.172. The number of ether oxygens (including phenoxy) is 1. The zero-order valence-electron chi connectivity index (χ0n) is 14.4. The van der Waals surface area contributed by atoms with Gasteiger partial charge >= 0.3 is 5.97 Å². The van der Waals surface area contributed by atoms with Gasteiger partial charge in [0, 0.05) is 6.42 Å². The van der Waals surface area contributed by atoms with Crippen molar-refractivity contribution in [2.24, 2.45) is 5.41 Å². The molecule has 0 saturated carbocycles. The van der Waals surface area contributed by atoms with Crippen LogP contribution >= 0.6 is 0 Å². The fourth-order valence-corrected chi connectivity index (χ4v) is 3.19. The summed E-state index contributed by atoms with van der Waals surface area (Å²) >= 11 is 0. The van der Waals surface area contributed by atoms with Crippen molar-refractivity contribution in [3.63, 3.8) is 0 Å². The SMILES string of the molecule is C=C(C)CC1(OC(=O)C(C)(C)C)CCCCc2ccccc21. The van der Waals surface area contributed by atoms with Gasteiger partial charge in [-0.1, -0.05) is 36.4 Å². The van der Waals surface area contributed by atoms with Crippen LogP contribution in [0, 0.1) is 5.41 Å². The van der Waals surface area contributed by atoms with Crippen LogP contribution in [0.3, 0.4) is 0 Å². The van der Waals surface area contributed by atoms with Crippen LogP contribution in [0.15, 0.2) is 36.4 Å². The predicted molar refractivity (Wildman–Crippen MR) is 90.7 cm³/mol. The van der Waals surface area contributed by atoms with E-state index in [1.54, 1.807) is 0 Å². The van der Waals surface area contributed by atoms with Crippen LogP contribution in [-0.4, -0.2) is 5.97 Å². The zero-order chi connectivity index (χ0) is 16.4. The number of carbonyl (C=O) groups is 1. The normalized spacial score (nSPS) is 21.6. The van der Waals surface area contributed by atoms with Crippen molar-refractivity contribution in [3.05, 3.63) is 47.5 Å². The third kappa shape index (κ3) is 3.60. The highest BCUT2D eigenvalue weighted by Crippen LogP contribution is 2.43. The minimum absolute atomic E-state index is 0.134. The second-order valence-electron chi connectivity index (χ2n) is 7.63. The zero-order valence-corrected chi connectivity index (χ0v) is 14.4. The van der Waals surface area contributed by atoms with Gasteiger partial charge < -0.3 is 4.74 Å². The highest BCUT2D eigenvalue weighted by atomic mass is 16.6. The summed E-state index contributed by atoms with van der Waals surface area (Å²) in [6.07, 6.45) is 4.84. The fraction of sp³-hybridized carbons (Fsp3) is 0.550. The smallest absolute Gasteiger partial charge is 0.312 e. The van der Waals surface area contributed by atoms with Gasteiger partial charge in [-0.2, -0.15) is 0 Å². The Hall–Kier alpha value is -1.57. The number of rotatable bonds is 3. The number of aryl methyl sites for hydroxylation is 1. The molecule has 2 nitrogen and oxygen atoms in total. The molecule has 0 spiro atoms. The quantitative estimate of drug-likeness (QED) is 0.437. The summed E-state index contributed by atoms with van der Waals surface area (Å²) in [6, 6.07) is 8.40. The Morgan fingerprint density at radius 1 is 1.27 bits per heavy atom. The number of hydrogen-bond donors (Lipinski definition) is 0. The van der Waals surface area contributed by atoms with Crippen molar-refractivity contribution in [1.82, 2.24) is 0 Å². The van der Waals surface area contributed by atoms with Gasteiger partial charge in [0.15, 0.2) is 0 Å². The van der Waals surface area contributed by atoms with Crippen LogP contribution in [0.1, 0.15) is 64.5 Å². The van der Waals surface area contributed by atoms with E-state index >= 15 is 0 Å². The third-order valence-corrected chi connectivity index (χ3v) is 4.27. The second-order valence-corrected chi connectivity index (χ2v) is 7.63. The molecule has 0 saturated heterocycles. The van der Waals surface area contributed by atoms with Gasteiger partial charge in [-0.3, -0.25) is 4.79 Å². The van der Waals surface area contributed by atoms with Gasteiger partial charge in [-0.25, -0.2) is 0 Å². The highest BCUT2D eigenvalue weighted by Gasteiger charge is 2.41. The van der Waals surface area contributed by atoms with Crippen molar-refractivity contribution in [3.8, 4) is 0 Å². The first-order chi connectivity index (χ1) is 10.2. The van der Waals surface area contributed by atoms with Crippen molar-refractivity contribution < 1.29 is 9.53 Å². The van der Waals surface area contributed by atoms with Gasteiger partial charge in [-0.05, 0) is 64.5 Å². The number of benzene rings is 1. The minimum Gasteiger partial charge on any atom is -0.453 e. The molecule has 1 aliphatic rings. The molecule has 0 amide bonds. The maximum atomic E-state index is 12.6. The molecular weight excluding hydrogens is 272 g/mol. The van der Waals surface area contributed by atoms with E-state index in [2.05, 4.69) is 24.8 Å². The van der Waals surface area contributed by atoms with Crippen LogP contribution < -0.4 is 0 Å². The van der Waals surface area contributed by atoms with E-state index in [4.69, 9.17) is 4.74 Å². The third-order valence-electron chi connectivity index (χ3n) is 4.27.